The Morgan fingerprint density at radius 1 is 1.15 bits per heavy atom. The van der Waals surface area contributed by atoms with Gasteiger partial charge in [0.05, 0.1) is 17.6 Å². The molecule has 2 N–H and O–H groups in total. The predicted molar refractivity (Wildman–Crippen MR) is 70.8 cm³/mol. The van der Waals surface area contributed by atoms with Crippen LogP contribution in [-0.2, 0) is 10.0 Å². The number of H-pyrrole nitrogens is 1. The molecule has 0 amide bonds. The van der Waals surface area contributed by atoms with Crippen molar-refractivity contribution in [1.29, 1.82) is 0 Å². The number of hydrogen-bond donors (Lipinski definition) is 2. The van der Waals surface area contributed by atoms with Crippen molar-refractivity contribution in [2.24, 2.45) is 0 Å². The molecular formula is C11H10N6O2S. The summed E-state index contributed by atoms with van der Waals surface area (Å²) in [7, 11) is -3.66. The van der Waals surface area contributed by atoms with Crippen molar-refractivity contribution in [3.05, 3.63) is 49.2 Å². The molecule has 0 unspecified atom stereocenters. The van der Waals surface area contributed by atoms with Crippen LogP contribution in [0.5, 0.6) is 0 Å². The van der Waals surface area contributed by atoms with E-state index in [-0.39, 0.29) is 5.03 Å². The summed E-state index contributed by atoms with van der Waals surface area (Å²) in [6, 6.07) is 8.27. The molecule has 9 heteroatoms. The Labute approximate surface area is 114 Å². The lowest BCUT2D eigenvalue weighted by atomic mass is 10.3. The van der Waals surface area contributed by atoms with Gasteiger partial charge in [0.1, 0.15) is 12.7 Å². The zero-order valence-electron chi connectivity index (χ0n) is 10.1. The molecule has 0 radical (unpaired) electrons. The van der Waals surface area contributed by atoms with Crippen LogP contribution in [0, 0.1) is 0 Å². The molecule has 0 saturated carbocycles. The third-order valence-electron chi connectivity index (χ3n) is 2.58. The number of benzene rings is 1. The fourth-order valence-corrected chi connectivity index (χ4v) is 2.63. The van der Waals surface area contributed by atoms with Crippen molar-refractivity contribution in [3.8, 4) is 5.69 Å². The fourth-order valence-electron chi connectivity index (χ4n) is 1.67. The largest absolute Gasteiger partial charge is 0.288 e. The summed E-state index contributed by atoms with van der Waals surface area (Å²) in [6.45, 7) is 0. The zero-order chi connectivity index (χ0) is 14.0. The number of hydrogen-bond acceptors (Lipinski definition) is 5. The van der Waals surface area contributed by atoms with Crippen molar-refractivity contribution < 1.29 is 8.42 Å². The van der Waals surface area contributed by atoms with E-state index in [4.69, 9.17) is 0 Å². The topological polar surface area (TPSA) is 106 Å². The molecule has 3 rings (SSSR count). The monoisotopic (exact) mass is 290 g/mol. The summed E-state index contributed by atoms with van der Waals surface area (Å²) in [5.41, 5.74) is 1.19. The van der Waals surface area contributed by atoms with E-state index in [9.17, 15) is 8.42 Å². The van der Waals surface area contributed by atoms with Crippen LogP contribution >= 0.6 is 0 Å². The lowest BCUT2D eigenvalue weighted by molar-refractivity contribution is 0.597. The van der Waals surface area contributed by atoms with Crippen LogP contribution in [0.25, 0.3) is 5.69 Å². The van der Waals surface area contributed by atoms with Gasteiger partial charge >= 0.3 is 0 Å². The predicted octanol–water partition coefficient (Wildman–Crippen LogP) is 0.791. The molecule has 0 bridgehead atoms. The smallest absolute Gasteiger partial charge is 0.278 e. The molecule has 0 spiro atoms. The van der Waals surface area contributed by atoms with Crippen LogP contribution in [0.3, 0.4) is 0 Å². The third-order valence-corrected chi connectivity index (χ3v) is 3.89. The number of aromatic amines is 1. The van der Waals surface area contributed by atoms with E-state index in [0.29, 0.717) is 5.69 Å². The maximum Gasteiger partial charge on any atom is 0.278 e. The number of nitrogens with one attached hydrogen (secondary N) is 2. The van der Waals surface area contributed by atoms with Crippen LogP contribution in [0.4, 0.5) is 5.69 Å². The summed E-state index contributed by atoms with van der Waals surface area (Å²) in [5, 5.41) is 13.5. The summed E-state index contributed by atoms with van der Waals surface area (Å²) in [6.07, 6.45) is 4.44. The third kappa shape index (κ3) is 2.38. The molecule has 3 aromatic rings. The van der Waals surface area contributed by atoms with Crippen molar-refractivity contribution in [3.63, 3.8) is 0 Å². The van der Waals surface area contributed by atoms with Crippen molar-refractivity contribution >= 4 is 15.7 Å². The Bertz CT molecular complexity index is 795. The van der Waals surface area contributed by atoms with E-state index in [0.717, 1.165) is 5.69 Å². The van der Waals surface area contributed by atoms with Gasteiger partial charge < -0.3 is 0 Å². The zero-order valence-corrected chi connectivity index (χ0v) is 10.9. The summed E-state index contributed by atoms with van der Waals surface area (Å²) in [5.74, 6) is 0. The summed E-state index contributed by atoms with van der Waals surface area (Å²) >= 11 is 0. The van der Waals surface area contributed by atoms with Gasteiger partial charge in [-0.25, -0.2) is 0 Å². The normalized spacial score (nSPS) is 11.4. The summed E-state index contributed by atoms with van der Waals surface area (Å²) < 4.78 is 28.2. The molecule has 0 aliphatic heterocycles. The van der Waals surface area contributed by atoms with Crippen LogP contribution in [0.2, 0.25) is 0 Å². The van der Waals surface area contributed by atoms with Crippen LogP contribution in [-0.4, -0.2) is 33.4 Å². The highest BCUT2D eigenvalue weighted by Crippen LogP contribution is 2.17. The second kappa shape index (κ2) is 4.78. The van der Waals surface area contributed by atoms with Gasteiger partial charge in [0.25, 0.3) is 10.0 Å². The Hall–Kier alpha value is -2.68. The number of sulfonamides is 1. The minimum Gasteiger partial charge on any atom is -0.288 e. The van der Waals surface area contributed by atoms with E-state index >= 15 is 0 Å². The standard InChI is InChI=1S/C11H10N6O2S/c18-20(19,11-4-5-12-15-11)16-9-2-1-3-10(6-9)17-7-13-14-8-17/h1-8,16H,(H,12,15). The quantitative estimate of drug-likeness (QED) is 0.739. The SMILES string of the molecule is O=S(=O)(Nc1cccc(-n2cnnc2)c1)c1ccn[nH]1. The van der Waals surface area contributed by atoms with Crippen molar-refractivity contribution in [2.45, 2.75) is 5.03 Å². The molecular weight excluding hydrogens is 280 g/mol. The highest BCUT2D eigenvalue weighted by Gasteiger charge is 2.15. The number of rotatable bonds is 4. The van der Waals surface area contributed by atoms with Gasteiger partial charge in [0, 0.05) is 0 Å². The average Bonchev–Trinajstić information content (AvgIpc) is 3.12. The van der Waals surface area contributed by atoms with Gasteiger partial charge in [0.15, 0.2) is 5.03 Å². The van der Waals surface area contributed by atoms with E-state index < -0.39 is 10.0 Å². The molecule has 20 heavy (non-hydrogen) atoms. The molecule has 1 aromatic carbocycles. The first-order valence-corrected chi connectivity index (χ1v) is 7.11. The Balaban J connectivity index is 1.91. The fraction of sp³-hybridized carbons (Fsp3) is 0. The molecule has 0 aliphatic carbocycles. The lowest BCUT2D eigenvalue weighted by Crippen LogP contribution is -2.13. The van der Waals surface area contributed by atoms with E-state index in [1.54, 1.807) is 22.8 Å². The molecule has 2 aromatic heterocycles. The Morgan fingerprint density at radius 2 is 1.95 bits per heavy atom. The van der Waals surface area contributed by atoms with Gasteiger partial charge in [0.2, 0.25) is 0 Å². The first kappa shape index (κ1) is 12.4. The Morgan fingerprint density at radius 3 is 2.65 bits per heavy atom. The maximum atomic E-state index is 12.0. The molecule has 0 saturated heterocycles. The van der Waals surface area contributed by atoms with Gasteiger partial charge in [-0.2, -0.15) is 13.5 Å². The highest BCUT2D eigenvalue weighted by atomic mass is 32.2. The maximum absolute atomic E-state index is 12.0. The molecule has 0 fully saturated rings. The van der Waals surface area contributed by atoms with Crippen molar-refractivity contribution in [1.82, 2.24) is 25.0 Å². The van der Waals surface area contributed by atoms with Crippen LogP contribution in [0.15, 0.2) is 54.2 Å². The number of nitrogens with zero attached hydrogens (tertiary/aromatic N) is 4. The van der Waals surface area contributed by atoms with Crippen LogP contribution < -0.4 is 4.72 Å². The molecule has 0 atom stereocenters. The number of aromatic nitrogens is 5. The highest BCUT2D eigenvalue weighted by molar-refractivity contribution is 7.92. The minimum absolute atomic E-state index is 0.00667. The van der Waals surface area contributed by atoms with Gasteiger partial charge in [-0.05, 0) is 24.3 Å². The van der Waals surface area contributed by atoms with Gasteiger partial charge in [-0.1, -0.05) is 6.07 Å². The number of anilines is 1. The van der Waals surface area contributed by atoms with E-state index in [1.165, 1.54) is 24.9 Å². The van der Waals surface area contributed by atoms with Crippen molar-refractivity contribution in [2.75, 3.05) is 4.72 Å². The van der Waals surface area contributed by atoms with Gasteiger partial charge in [-0.3, -0.25) is 14.4 Å². The first-order valence-electron chi connectivity index (χ1n) is 5.62. The molecule has 8 nitrogen and oxygen atoms in total. The second-order valence-corrected chi connectivity index (χ2v) is 5.60. The van der Waals surface area contributed by atoms with E-state index in [2.05, 4.69) is 25.1 Å². The van der Waals surface area contributed by atoms with Crippen LogP contribution in [0.1, 0.15) is 0 Å². The molecule has 2 heterocycles. The van der Waals surface area contributed by atoms with E-state index in [1.807, 2.05) is 6.07 Å². The first-order chi connectivity index (χ1) is 9.65. The summed E-state index contributed by atoms with van der Waals surface area (Å²) in [4.78, 5) is 0. The molecule has 102 valence electrons. The average molecular weight is 290 g/mol. The lowest BCUT2D eigenvalue weighted by Gasteiger charge is -2.08. The van der Waals surface area contributed by atoms with Gasteiger partial charge in [-0.15, -0.1) is 10.2 Å². The molecule has 0 aliphatic rings. The Kier molecular flexibility index (Phi) is 2.95. The second-order valence-electron chi connectivity index (χ2n) is 3.95. The minimum atomic E-state index is -3.66.